The molecule has 0 spiro atoms. The van der Waals surface area contributed by atoms with Gasteiger partial charge in [-0.1, -0.05) is 0 Å². The molecule has 2 heterocycles. The van der Waals surface area contributed by atoms with Gasteiger partial charge in [-0.05, 0) is 31.9 Å². The Hall–Kier alpha value is -1.69. The van der Waals surface area contributed by atoms with Crippen molar-refractivity contribution in [2.45, 2.75) is 25.3 Å². The first-order chi connectivity index (χ1) is 8.79. The lowest BCUT2D eigenvalue weighted by Crippen LogP contribution is -2.24. The van der Waals surface area contributed by atoms with Crippen LogP contribution in [0.2, 0.25) is 0 Å². The Morgan fingerprint density at radius 1 is 1.67 bits per heavy atom. The molecule has 0 saturated carbocycles. The molecule has 2 N–H and O–H groups in total. The molecule has 1 atom stereocenters. The lowest BCUT2D eigenvalue weighted by atomic mass is 10.1. The van der Waals surface area contributed by atoms with Crippen LogP contribution in [0.1, 0.15) is 29.9 Å². The van der Waals surface area contributed by atoms with Gasteiger partial charge in [0.1, 0.15) is 5.82 Å². The lowest BCUT2D eigenvalue weighted by Gasteiger charge is -2.11. The number of hydrogen-bond donors (Lipinski definition) is 2. The Morgan fingerprint density at radius 2 is 2.56 bits per heavy atom. The Bertz CT molecular complexity index is 405. The largest absolute Gasteiger partial charge is 0.463 e. The van der Waals surface area contributed by atoms with E-state index in [4.69, 9.17) is 0 Å². The second-order valence-electron chi connectivity index (χ2n) is 4.27. The fraction of sp³-hybridized carbons (Fsp3) is 0.583. The fourth-order valence-electron chi connectivity index (χ4n) is 2.02. The van der Waals surface area contributed by atoms with Crippen molar-refractivity contribution >= 4 is 11.8 Å². The lowest BCUT2D eigenvalue weighted by molar-refractivity contribution is 0.0587. The van der Waals surface area contributed by atoms with Crippen LogP contribution in [0.15, 0.2) is 12.3 Å². The molecule has 0 radical (unpaired) electrons. The van der Waals surface area contributed by atoms with Crippen LogP contribution in [0.3, 0.4) is 0 Å². The van der Waals surface area contributed by atoms with Gasteiger partial charge in [-0.25, -0.2) is 14.8 Å². The number of aromatic nitrogens is 2. The molecule has 1 aromatic rings. The third kappa shape index (κ3) is 3.40. The predicted octanol–water partition coefficient (Wildman–Crippen LogP) is 0.817. The number of carbonyl (C=O) groups excluding carboxylic acids is 1. The summed E-state index contributed by atoms with van der Waals surface area (Å²) in [4.78, 5) is 19.2. The van der Waals surface area contributed by atoms with Crippen molar-refractivity contribution in [1.29, 1.82) is 0 Å². The average Bonchev–Trinajstić information content (AvgIpc) is 2.91. The van der Waals surface area contributed by atoms with E-state index < -0.39 is 5.97 Å². The van der Waals surface area contributed by atoms with Gasteiger partial charge < -0.3 is 15.4 Å². The second-order valence-corrected chi connectivity index (χ2v) is 4.27. The van der Waals surface area contributed by atoms with Crippen LogP contribution in [0.25, 0.3) is 0 Å². The van der Waals surface area contributed by atoms with E-state index in [0.717, 1.165) is 19.5 Å². The molecule has 1 aromatic heterocycles. The maximum atomic E-state index is 11.3. The molecule has 6 heteroatoms. The van der Waals surface area contributed by atoms with E-state index in [1.165, 1.54) is 20.0 Å². The Morgan fingerprint density at radius 3 is 3.28 bits per heavy atom. The molecule has 6 nitrogen and oxygen atoms in total. The van der Waals surface area contributed by atoms with Crippen LogP contribution < -0.4 is 10.6 Å². The summed E-state index contributed by atoms with van der Waals surface area (Å²) in [6, 6.07) is 2.34. The highest BCUT2D eigenvalue weighted by atomic mass is 16.5. The quantitative estimate of drug-likeness (QED) is 0.753. The molecular weight excluding hydrogens is 232 g/mol. The third-order valence-corrected chi connectivity index (χ3v) is 2.98. The van der Waals surface area contributed by atoms with Gasteiger partial charge in [0.15, 0.2) is 0 Å². The number of nitrogens with one attached hydrogen (secondary N) is 2. The summed E-state index contributed by atoms with van der Waals surface area (Å²) < 4.78 is 4.58. The van der Waals surface area contributed by atoms with Crippen LogP contribution in [-0.2, 0) is 4.74 Å². The number of ether oxygens (including phenoxy) is 1. The van der Waals surface area contributed by atoms with E-state index in [2.05, 4.69) is 25.3 Å². The molecule has 1 saturated heterocycles. The maximum absolute atomic E-state index is 11.3. The van der Waals surface area contributed by atoms with Crippen LogP contribution >= 0.6 is 0 Å². The second kappa shape index (κ2) is 6.30. The van der Waals surface area contributed by atoms with Gasteiger partial charge >= 0.3 is 5.97 Å². The number of carbonyl (C=O) groups is 1. The highest BCUT2D eigenvalue weighted by Gasteiger charge is 2.13. The number of anilines is 1. The monoisotopic (exact) mass is 250 g/mol. The minimum Gasteiger partial charge on any atom is -0.463 e. The summed E-state index contributed by atoms with van der Waals surface area (Å²) in [6.45, 7) is 1.94. The minimum absolute atomic E-state index is 0.0847. The number of esters is 1. The number of methoxy groups -OCH3 is 1. The van der Waals surface area contributed by atoms with Crippen molar-refractivity contribution in [3.8, 4) is 0 Å². The zero-order valence-electron chi connectivity index (χ0n) is 10.5. The van der Waals surface area contributed by atoms with Crippen LogP contribution in [0.5, 0.6) is 0 Å². The molecule has 1 aliphatic rings. The topological polar surface area (TPSA) is 76.1 Å². The van der Waals surface area contributed by atoms with Gasteiger partial charge in [0.05, 0.1) is 7.11 Å². The Balaban J connectivity index is 1.83. The molecule has 0 aromatic carbocycles. The van der Waals surface area contributed by atoms with E-state index in [-0.39, 0.29) is 5.82 Å². The zero-order valence-corrected chi connectivity index (χ0v) is 10.5. The van der Waals surface area contributed by atoms with Gasteiger partial charge in [0.2, 0.25) is 5.82 Å². The smallest absolute Gasteiger partial charge is 0.376 e. The van der Waals surface area contributed by atoms with Crippen LogP contribution in [0, 0.1) is 0 Å². The summed E-state index contributed by atoms with van der Waals surface area (Å²) in [5.74, 6) is 0.223. The molecule has 0 amide bonds. The summed E-state index contributed by atoms with van der Waals surface area (Å²) in [6.07, 6.45) is 5.09. The summed E-state index contributed by atoms with van der Waals surface area (Å²) >= 11 is 0. The summed E-state index contributed by atoms with van der Waals surface area (Å²) in [5.41, 5.74) is 0. The van der Waals surface area contributed by atoms with E-state index in [0.29, 0.717) is 11.9 Å². The molecule has 98 valence electrons. The molecule has 18 heavy (non-hydrogen) atoms. The van der Waals surface area contributed by atoms with E-state index >= 15 is 0 Å². The van der Waals surface area contributed by atoms with Crippen molar-refractivity contribution in [2.75, 3.05) is 25.5 Å². The van der Waals surface area contributed by atoms with Gasteiger partial charge in [-0.2, -0.15) is 0 Å². The molecule has 2 rings (SSSR count). The Kier molecular flexibility index (Phi) is 4.46. The fourth-order valence-corrected chi connectivity index (χ4v) is 2.02. The van der Waals surface area contributed by atoms with Crippen molar-refractivity contribution in [3.05, 3.63) is 18.1 Å². The van der Waals surface area contributed by atoms with E-state index in [1.807, 2.05) is 0 Å². The average molecular weight is 250 g/mol. The first-order valence-corrected chi connectivity index (χ1v) is 6.18. The molecule has 1 fully saturated rings. The standard InChI is InChI=1S/C12H18N4O2/c1-18-12(17)11-15-8-5-10(16-11)14-7-4-9-3-2-6-13-9/h5,8-9,13H,2-4,6-7H2,1H3,(H,14,15,16)/t9-/m1/s1. The molecular formula is C12H18N4O2. The van der Waals surface area contributed by atoms with Crippen LogP contribution in [-0.4, -0.2) is 42.2 Å². The maximum Gasteiger partial charge on any atom is 0.376 e. The van der Waals surface area contributed by atoms with E-state index in [1.54, 1.807) is 12.3 Å². The van der Waals surface area contributed by atoms with Crippen molar-refractivity contribution in [3.63, 3.8) is 0 Å². The van der Waals surface area contributed by atoms with Crippen LogP contribution in [0.4, 0.5) is 5.82 Å². The molecule has 0 bridgehead atoms. The first kappa shape index (κ1) is 12.8. The predicted molar refractivity (Wildman–Crippen MR) is 67.5 cm³/mol. The van der Waals surface area contributed by atoms with Crippen molar-refractivity contribution in [2.24, 2.45) is 0 Å². The van der Waals surface area contributed by atoms with Crippen molar-refractivity contribution in [1.82, 2.24) is 15.3 Å². The summed E-state index contributed by atoms with van der Waals surface area (Å²) in [5, 5.41) is 6.63. The number of nitrogens with zero attached hydrogens (tertiary/aromatic N) is 2. The number of rotatable bonds is 5. The van der Waals surface area contributed by atoms with Crippen molar-refractivity contribution < 1.29 is 9.53 Å². The highest BCUT2D eigenvalue weighted by molar-refractivity contribution is 5.85. The van der Waals surface area contributed by atoms with Gasteiger partial charge in [-0.15, -0.1) is 0 Å². The first-order valence-electron chi connectivity index (χ1n) is 6.18. The van der Waals surface area contributed by atoms with Gasteiger partial charge in [0, 0.05) is 18.8 Å². The highest BCUT2D eigenvalue weighted by Crippen LogP contribution is 2.09. The minimum atomic E-state index is -0.517. The SMILES string of the molecule is COC(=O)c1nccc(NCC[C@H]2CCCN2)n1. The number of hydrogen-bond acceptors (Lipinski definition) is 6. The summed E-state index contributed by atoms with van der Waals surface area (Å²) in [7, 11) is 1.32. The molecule has 1 aliphatic heterocycles. The Labute approximate surface area is 106 Å². The van der Waals surface area contributed by atoms with Gasteiger partial charge in [0.25, 0.3) is 0 Å². The van der Waals surface area contributed by atoms with E-state index in [9.17, 15) is 4.79 Å². The van der Waals surface area contributed by atoms with Gasteiger partial charge in [-0.3, -0.25) is 0 Å². The third-order valence-electron chi connectivity index (χ3n) is 2.98. The molecule has 0 unspecified atom stereocenters. The molecule has 0 aliphatic carbocycles. The normalized spacial score (nSPS) is 18.6. The zero-order chi connectivity index (χ0) is 12.8.